The molecule has 2 aromatic carbocycles. The van der Waals surface area contributed by atoms with E-state index in [0.29, 0.717) is 17.0 Å². The van der Waals surface area contributed by atoms with Gasteiger partial charge in [-0.15, -0.1) is 0 Å². The van der Waals surface area contributed by atoms with Crippen molar-refractivity contribution in [2.75, 3.05) is 7.11 Å². The monoisotopic (exact) mass is 386 g/mol. The molecule has 0 saturated heterocycles. The number of benzene rings is 2. The highest BCUT2D eigenvalue weighted by Gasteiger charge is 2.16. The number of ether oxygens (including phenoxy) is 2. The molecule has 0 N–H and O–H groups in total. The average Bonchev–Trinajstić information content (AvgIpc) is 2.73. The Balaban J connectivity index is 1.74. The van der Waals surface area contributed by atoms with Crippen molar-refractivity contribution in [3.05, 3.63) is 65.2 Å². The van der Waals surface area contributed by atoms with Crippen LogP contribution in [0.5, 0.6) is 11.5 Å². The van der Waals surface area contributed by atoms with Crippen LogP contribution in [0.4, 0.5) is 8.78 Å². The molecule has 0 bridgehead atoms. The van der Waals surface area contributed by atoms with E-state index in [1.54, 1.807) is 12.1 Å². The first-order chi connectivity index (χ1) is 13.6. The SMILES string of the molecule is COc1cccc(/C=C/C(=O)c2ccc(C3CCCCC3)cc2)c1OC(F)F. The number of hydrogen-bond acceptors (Lipinski definition) is 3. The summed E-state index contributed by atoms with van der Waals surface area (Å²) in [5.41, 5.74) is 2.20. The molecule has 5 heteroatoms. The van der Waals surface area contributed by atoms with Gasteiger partial charge in [-0.1, -0.05) is 55.7 Å². The number of ketones is 1. The van der Waals surface area contributed by atoms with Gasteiger partial charge in [-0.25, -0.2) is 0 Å². The van der Waals surface area contributed by atoms with E-state index in [9.17, 15) is 13.6 Å². The van der Waals surface area contributed by atoms with Gasteiger partial charge in [-0.2, -0.15) is 8.78 Å². The zero-order valence-electron chi connectivity index (χ0n) is 15.9. The lowest BCUT2D eigenvalue weighted by atomic mass is 9.84. The number of methoxy groups -OCH3 is 1. The van der Waals surface area contributed by atoms with Crippen LogP contribution in [0.3, 0.4) is 0 Å². The van der Waals surface area contributed by atoms with E-state index < -0.39 is 6.61 Å². The quantitative estimate of drug-likeness (QED) is 0.417. The molecule has 1 fully saturated rings. The van der Waals surface area contributed by atoms with Crippen LogP contribution in [0.2, 0.25) is 0 Å². The van der Waals surface area contributed by atoms with Gasteiger partial charge >= 0.3 is 6.61 Å². The molecule has 1 saturated carbocycles. The van der Waals surface area contributed by atoms with Gasteiger partial charge in [0, 0.05) is 11.1 Å². The van der Waals surface area contributed by atoms with Crippen molar-refractivity contribution in [2.24, 2.45) is 0 Å². The molecule has 2 aromatic rings. The van der Waals surface area contributed by atoms with Gasteiger partial charge in [-0.3, -0.25) is 4.79 Å². The number of alkyl halides is 2. The fraction of sp³-hybridized carbons (Fsp3) is 0.348. The molecule has 148 valence electrons. The minimum Gasteiger partial charge on any atom is -0.493 e. The number of hydrogen-bond donors (Lipinski definition) is 0. The van der Waals surface area contributed by atoms with Crippen LogP contribution in [0, 0.1) is 0 Å². The van der Waals surface area contributed by atoms with Crippen molar-refractivity contribution in [3.63, 3.8) is 0 Å². The lowest BCUT2D eigenvalue weighted by Gasteiger charge is -2.21. The number of para-hydroxylation sites is 1. The van der Waals surface area contributed by atoms with E-state index in [4.69, 9.17) is 4.74 Å². The minimum absolute atomic E-state index is 0.0864. The standard InChI is InChI=1S/C23H24F2O3/c1-27-21-9-5-8-19(22(21)28-23(24)25)14-15-20(26)18-12-10-17(11-13-18)16-6-3-2-4-7-16/h5,8-16,23H,2-4,6-7H2,1H3/b15-14+. The smallest absolute Gasteiger partial charge is 0.387 e. The Hall–Kier alpha value is -2.69. The first kappa shape index (κ1) is 20.1. The fourth-order valence-corrected chi connectivity index (χ4v) is 3.66. The average molecular weight is 386 g/mol. The van der Waals surface area contributed by atoms with Gasteiger partial charge in [0.2, 0.25) is 0 Å². The topological polar surface area (TPSA) is 35.5 Å². The Labute approximate surface area is 164 Å². The largest absolute Gasteiger partial charge is 0.493 e. The van der Waals surface area contributed by atoms with Crippen molar-refractivity contribution in [1.82, 2.24) is 0 Å². The van der Waals surface area contributed by atoms with E-state index in [2.05, 4.69) is 4.74 Å². The molecule has 1 aliphatic carbocycles. The second-order valence-corrected chi connectivity index (χ2v) is 6.91. The van der Waals surface area contributed by atoms with Crippen molar-refractivity contribution < 1.29 is 23.0 Å². The molecule has 0 atom stereocenters. The fourth-order valence-electron chi connectivity index (χ4n) is 3.66. The Morgan fingerprint density at radius 2 is 1.79 bits per heavy atom. The second-order valence-electron chi connectivity index (χ2n) is 6.91. The minimum atomic E-state index is -2.98. The maximum atomic E-state index is 12.7. The summed E-state index contributed by atoms with van der Waals surface area (Å²) in [5, 5.41) is 0. The summed E-state index contributed by atoms with van der Waals surface area (Å²) in [6, 6.07) is 12.5. The number of allylic oxidation sites excluding steroid dienone is 1. The summed E-state index contributed by atoms with van der Waals surface area (Å²) >= 11 is 0. The molecule has 3 rings (SSSR count). The van der Waals surface area contributed by atoms with Crippen molar-refractivity contribution in [3.8, 4) is 11.5 Å². The summed E-state index contributed by atoms with van der Waals surface area (Å²) in [5.74, 6) is 0.490. The van der Waals surface area contributed by atoms with Crippen molar-refractivity contribution >= 4 is 11.9 Å². The number of carbonyl (C=O) groups excluding carboxylic acids is 1. The lowest BCUT2D eigenvalue weighted by Crippen LogP contribution is -2.05. The maximum Gasteiger partial charge on any atom is 0.387 e. The lowest BCUT2D eigenvalue weighted by molar-refractivity contribution is -0.0513. The second kappa shape index (κ2) is 9.49. The van der Waals surface area contributed by atoms with Gasteiger partial charge < -0.3 is 9.47 Å². The number of rotatable bonds is 7. The Bertz CT molecular complexity index is 822. The molecule has 1 aliphatic rings. The van der Waals surface area contributed by atoms with Gasteiger partial charge in [0.05, 0.1) is 7.11 Å². The van der Waals surface area contributed by atoms with Crippen LogP contribution >= 0.6 is 0 Å². The summed E-state index contributed by atoms with van der Waals surface area (Å²) in [6.07, 6.45) is 9.07. The molecule has 0 amide bonds. The molecule has 0 aliphatic heterocycles. The van der Waals surface area contributed by atoms with Crippen LogP contribution in [-0.4, -0.2) is 19.5 Å². The molecular formula is C23H24F2O3. The number of halogens is 2. The maximum absolute atomic E-state index is 12.7. The molecule has 0 unspecified atom stereocenters. The third kappa shape index (κ3) is 4.97. The number of carbonyl (C=O) groups is 1. The van der Waals surface area contributed by atoms with Gasteiger partial charge in [0.1, 0.15) is 0 Å². The van der Waals surface area contributed by atoms with E-state index >= 15 is 0 Å². The van der Waals surface area contributed by atoms with Crippen LogP contribution in [0.25, 0.3) is 6.08 Å². The predicted molar refractivity (Wildman–Crippen MR) is 105 cm³/mol. The summed E-state index contributed by atoms with van der Waals surface area (Å²) in [6.45, 7) is -2.98. The van der Waals surface area contributed by atoms with Crippen LogP contribution < -0.4 is 9.47 Å². The highest BCUT2D eigenvalue weighted by molar-refractivity contribution is 6.07. The van der Waals surface area contributed by atoms with E-state index in [1.807, 2.05) is 24.3 Å². The zero-order chi connectivity index (χ0) is 19.9. The molecule has 0 radical (unpaired) electrons. The normalized spacial score (nSPS) is 15.1. The summed E-state index contributed by atoms with van der Waals surface area (Å²) in [7, 11) is 1.38. The Morgan fingerprint density at radius 1 is 1.07 bits per heavy atom. The molecule has 3 nitrogen and oxygen atoms in total. The highest BCUT2D eigenvalue weighted by atomic mass is 19.3. The zero-order valence-corrected chi connectivity index (χ0v) is 15.9. The van der Waals surface area contributed by atoms with Crippen LogP contribution in [-0.2, 0) is 0 Å². The molecular weight excluding hydrogens is 362 g/mol. The van der Waals surface area contributed by atoms with Gasteiger partial charge in [-0.05, 0) is 42.5 Å². The molecule has 0 heterocycles. The van der Waals surface area contributed by atoms with Gasteiger partial charge in [0.25, 0.3) is 0 Å². The molecule has 0 aromatic heterocycles. The summed E-state index contributed by atoms with van der Waals surface area (Å²) < 4.78 is 35.0. The van der Waals surface area contributed by atoms with E-state index in [0.717, 1.165) is 0 Å². The van der Waals surface area contributed by atoms with E-state index in [-0.39, 0.29) is 17.3 Å². The summed E-state index contributed by atoms with van der Waals surface area (Å²) in [4.78, 5) is 12.5. The molecule has 28 heavy (non-hydrogen) atoms. The Kier molecular flexibility index (Phi) is 6.80. The van der Waals surface area contributed by atoms with Crippen molar-refractivity contribution in [2.45, 2.75) is 44.6 Å². The van der Waals surface area contributed by atoms with Crippen LogP contribution in [0.1, 0.15) is 59.5 Å². The van der Waals surface area contributed by atoms with E-state index in [1.165, 1.54) is 63.0 Å². The third-order valence-electron chi connectivity index (χ3n) is 5.12. The third-order valence-corrected chi connectivity index (χ3v) is 5.12. The highest BCUT2D eigenvalue weighted by Crippen LogP contribution is 2.34. The molecule has 0 spiro atoms. The first-order valence-corrected chi connectivity index (χ1v) is 9.52. The predicted octanol–water partition coefficient (Wildman–Crippen LogP) is 6.24. The van der Waals surface area contributed by atoms with Crippen LogP contribution in [0.15, 0.2) is 48.5 Å². The Morgan fingerprint density at radius 3 is 2.43 bits per heavy atom. The van der Waals surface area contributed by atoms with Gasteiger partial charge in [0.15, 0.2) is 17.3 Å². The first-order valence-electron chi connectivity index (χ1n) is 9.52. The van der Waals surface area contributed by atoms with Crippen molar-refractivity contribution in [1.29, 1.82) is 0 Å².